The zero-order valence-corrected chi connectivity index (χ0v) is 41.0. The van der Waals surface area contributed by atoms with Crippen LogP contribution in [0, 0.1) is 29.1 Å². The molecule has 4 N–H and O–H groups in total. The van der Waals surface area contributed by atoms with Crippen molar-refractivity contribution in [2.24, 2.45) is 0 Å². The Morgan fingerprint density at radius 3 is 1.38 bits per heavy atom. The molecule has 0 atom stereocenters. The molecule has 2 aliphatic rings. The summed E-state index contributed by atoms with van der Waals surface area (Å²) in [6.07, 6.45) is -1.35. The van der Waals surface area contributed by atoms with E-state index in [1.807, 2.05) is 9.80 Å². The molecule has 16 nitrogen and oxygen atoms in total. The third-order valence-electron chi connectivity index (χ3n) is 11.3. The fourth-order valence-electron chi connectivity index (χ4n) is 7.64. The van der Waals surface area contributed by atoms with E-state index in [0.717, 1.165) is 42.5 Å². The highest BCUT2D eigenvalue weighted by Crippen LogP contribution is 2.37. The smallest absolute Gasteiger partial charge is 0.417 e. The summed E-state index contributed by atoms with van der Waals surface area (Å²) < 4.78 is 132. The van der Waals surface area contributed by atoms with Crippen LogP contribution in [0.3, 0.4) is 0 Å². The molecule has 10 rings (SSSR count). The molecule has 398 valence electrons. The second-order valence-corrected chi connectivity index (χ2v) is 17.5. The van der Waals surface area contributed by atoms with Gasteiger partial charge in [-0.1, -0.05) is 23.2 Å². The fraction of sp³-hybridized carbons (Fsp3) is 0.176. The van der Waals surface area contributed by atoms with Crippen LogP contribution in [0.25, 0.3) is 22.1 Å². The summed E-state index contributed by atoms with van der Waals surface area (Å²) in [4.78, 5) is 46.7. The summed E-state index contributed by atoms with van der Waals surface area (Å²) in [5.41, 5.74) is 0.858. The number of urea groups is 2. The standard InChI is InChI=1S/C26H19ClF5N5O3.C25H19ClF3N5O3/c27-18-9-14(1-3-17(18)26(30,31)32)34-25(38)35-15-10-19(28)24(29)22(11-15)40-16-2-4-20-21(12-16)36-23(13-33-20)37-5-7-39-8-6-37;26-17-3-1-14(9-18(17)27)31-25(35)32-15-10-19(28)24(29)22(11-15)37-16-2-4-20-21(12-16)33-23(13-30-20)34-5-7-36-8-6-34/h1-4,9-13H,5-8H2,(H2,34,35,38);1-4,9-13H,5-8H2,(H2,31,32,35). The minimum atomic E-state index is -4.66. The van der Waals surface area contributed by atoms with E-state index in [9.17, 15) is 44.7 Å². The van der Waals surface area contributed by atoms with Crippen LogP contribution in [0.15, 0.2) is 109 Å². The van der Waals surface area contributed by atoms with Crippen molar-refractivity contribution < 1.29 is 63.7 Å². The molecule has 77 heavy (non-hydrogen) atoms. The first-order valence-electron chi connectivity index (χ1n) is 22.9. The van der Waals surface area contributed by atoms with Crippen LogP contribution in [0.2, 0.25) is 10.0 Å². The third kappa shape index (κ3) is 13.4. The Bertz CT molecular complexity index is 3520. The monoisotopic (exact) mass is 1110 g/mol. The molecule has 26 heteroatoms. The van der Waals surface area contributed by atoms with Gasteiger partial charge in [0.15, 0.2) is 23.1 Å². The highest BCUT2D eigenvalue weighted by molar-refractivity contribution is 6.32. The molecule has 0 aliphatic carbocycles. The average Bonchev–Trinajstić information content (AvgIpc) is 3.40. The van der Waals surface area contributed by atoms with Crippen molar-refractivity contribution in [3.63, 3.8) is 0 Å². The van der Waals surface area contributed by atoms with Crippen LogP contribution >= 0.6 is 23.2 Å². The number of fused-ring (bicyclic) bond motifs is 2. The maximum Gasteiger partial charge on any atom is 0.417 e. The second kappa shape index (κ2) is 23.3. The van der Waals surface area contributed by atoms with Crippen molar-refractivity contribution in [2.45, 2.75) is 6.18 Å². The number of carbonyl (C=O) groups excluding carboxylic acids is 2. The number of hydrogen-bond acceptors (Lipinski definition) is 12. The third-order valence-corrected chi connectivity index (χ3v) is 12.0. The van der Waals surface area contributed by atoms with E-state index in [4.69, 9.17) is 42.1 Å². The van der Waals surface area contributed by atoms with Crippen LogP contribution in [0.4, 0.5) is 79.1 Å². The molecule has 2 saturated heterocycles. The first-order chi connectivity index (χ1) is 36.9. The lowest BCUT2D eigenvalue weighted by atomic mass is 10.2. The molecule has 2 aliphatic heterocycles. The van der Waals surface area contributed by atoms with Gasteiger partial charge in [-0.2, -0.15) is 22.0 Å². The highest BCUT2D eigenvalue weighted by Gasteiger charge is 2.33. The maximum absolute atomic E-state index is 14.6. The summed E-state index contributed by atoms with van der Waals surface area (Å²) in [7, 11) is 0. The molecular formula is C51H38Cl2F8N10O6. The number of nitrogens with one attached hydrogen (secondary N) is 4. The van der Waals surface area contributed by atoms with Gasteiger partial charge in [0.1, 0.15) is 29.0 Å². The largest absolute Gasteiger partial charge is 0.454 e. The predicted molar refractivity (Wildman–Crippen MR) is 271 cm³/mol. The van der Waals surface area contributed by atoms with Crippen LogP contribution in [-0.2, 0) is 15.7 Å². The zero-order valence-electron chi connectivity index (χ0n) is 39.5. The first-order valence-corrected chi connectivity index (χ1v) is 23.7. The van der Waals surface area contributed by atoms with Crippen molar-refractivity contribution in [1.29, 1.82) is 0 Å². The molecule has 2 aromatic heterocycles. The number of halogens is 10. The normalized spacial score (nSPS) is 13.6. The zero-order chi connectivity index (χ0) is 54.4. The lowest BCUT2D eigenvalue weighted by Crippen LogP contribution is -2.36. The topological polar surface area (TPSA) is 177 Å². The summed E-state index contributed by atoms with van der Waals surface area (Å²) in [6.45, 7) is 4.98. The molecule has 0 spiro atoms. The molecule has 0 radical (unpaired) electrons. The van der Waals surface area contributed by atoms with Crippen molar-refractivity contribution in [1.82, 2.24) is 19.9 Å². The van der Waals surface area contributed by atoms with Gasteiger partial charge in [-0.25, -0.2) is 32.7 Å². The van der Waals surface area contributed by atoms with Crippen LogP contribution < -0.4 is 40.5 Å². The summed E-state index contributed by atoms with van der Waals surface area (Å²) in [6, 6.07) is 17.6. The van der Waals surface area contributed by atoms with Gasteiger partial charge in [-0.3, -0.25) is 9.97 Å². The molecule has 8 aromatic rings. The molecule has 4 amide bonds. The Hall–Kier alpha value is -8.32. The molecule has 4 heterocycles. The van der Waals surface area contributed by atoms with Gasteiger partial charge in [-0.15, -0.1) is 0 Å². The maximum atomic E-state index is 14.6. The molecule has 2 fully saturated rings. The van der Waals surface area contributed by atoms with Gasteiger partial charge >= 0.3 is 18.2 Å². The SMILES string of the molecule is O=C(Nc1ccc(C(F)(F)F)c(Cl)c1)Nc1cc(F)c(F)c(Oc2ccc3ncc(N4CCOCC4)nc3c2)c1.O=C(Nc1ccc(Cl)c(F)c1)Nc1cc(F)c(F)c(Oc2ccc3ncc(N4CCOCC4)nc3c2)c1. The van der Waals surface area contributed by atoms with Crippen molar-refractivity contribution in [2.75, 3.05) is 83.7 Å². The minimum absolute atomic E-state index is 0.0525. The Balaban J connectivity index is 0.000000188. The molecule has 0 unspecified atom stereocenters. The number of carbonyl (C=O) groups is 2. The lowest BCUT2D eigenvalue weighted by molar-refractivity contribution is -0.137. The van der Waals surface area contributed by atoms with E-state index < -0.39 is 69.4 Å². The molecule has 0 saturated carbocycles. The predicted octanol–water partition coefficient (Wildman–Crippen LogP) is 12.8. The van der Waals surface area contributed by atoms with E-state index in [2.05, 4.69) is 41.2 Å². The van der Waals surface area contributed by atoms with Gasteiger partial charge in [-0.05, 0) is 60.7 Å². The number of rotatable bonds is 10. The second-order valence-electron chi connectivity index (χ2n) is 16.7. The van der Waals surface area contributed by atoms with Gasteiger partial charge in [0.25, 0.3) is 0 Å². The van der Waals surface area contributed by atoms with E-state index in [0.29, 0.717) is 92.4 Å². The molecule has 6 aromatic carbocycles. The van der Waals surface area contributed by atoms with Crippen molar-refractivity contribution >= 4 is 91.7 Å². The number of alkyl halides is 3. The number of morpholine rings is 2. The van der Waals surface area contributed by atoms with Crippen LogP contribution in [0.5, 0.6) is 23.0 Å². The summed E-state index contributed by atoms with van der Waals surface area (Å²) >= 11 is 11.3. The molecule has 0 bridgehead atoms. The number of amides is 4. The highest BCUT2D eigenvalue weighted by atomic mass is 35.5. The number of hydrogen-bond donors (Lipinski definition) is 4. The number of nitrogens with zero attached hydrogens (tertiary/aromatic N) is 6. The summed E-state index contributed by atoms with van der Waals surface area (Å²) in [5.74, 6) is -5.14. The van der Waals surface area contributed by atoms with Crippen molar-refractivity contribution in [3.8, 4) is 23.0 Å². The van der Waals surface area contributed by atoms with E-state index in [1.165, 1.54) is 24.3 Å². The summed E-state index contributed by atoms with van der Waals surface area (Å²) in [5, 5.41) is 8.58. The number of anilines is 6. The van der Waals surface area contributed by atoms with Crippen molar-refractivity contribution in [3.05, 3.63) is 154 Å². The van der Waals surface area contributed by atoms with Crippen LogP contribution in [0.1, 0.15) is 5.56 Å². The number of aromatic nitrogens is 4. The fourth-order valence-corrected chi connectivity index (χ4v) is 8.04. The number of benzene rings is 6. The quantitative estimate of drug-likeness (QED) is 0.0955. The van der Waals surface area contributed by atoms with Gasteiger partial charge in [0, 0.05) is 85.3 Å². The van der Waals surface area contributed by atoms with E-state index in [-0.39, 0.29) is 39.3 Å². The Morgan fingerprint density at radius 1 is 0.506 bits per heavy atom. The first kappa shape index (κ1) is 53.5. The minimum Gasteiger partial charge on any atom is -0.454 e. The van der Waals surface area contributed by atoms with E-state index in [1.54, 1.807) is 36.7 Å². The Labute approximate surface area is 440 Å². The van der Waals surface area contributed by atoms with Crippen LogP contribution in [-0.4, -0.2) is 84.6 Å². The van der Waals surface area contributed by atoms with Gasteiger partial charge < -0.3 is 50.0 Å². The van der Waals surface area contributed by atoms with Gasteiger partial charge in [0.05, 0.1) is 76.5 Å². The lowest BCUT2D eigenvalue weighted by Gasteiger charge is -2.27. The Morgan fingerprint density at radius 2 is 0.935 bits per heavy atom. The Kier molecular flexibility index (Phi) is 16.2. The molecular weight excluding hydrogens is 1070 g/mol. The van der Waals surface area contributed by atoms with Gasteiger partial charge in [0.2, 0.25) is 11.6 Å². The van der Waals surface area contributed by atoms with E-state index >= 15 is 0 Å². The number of ether oxygens (including phenoxy) is 4. The average molecular weight is 1110 g/mol.